The number of likely N-dealkylation sites (tertiary alicyclic amines) is 1. The average Bonchev–Trinajstić information content (AvgIpc) is 2.86. The molecule has 1 saturated carbocycles. The van der Waals surface area contributed by atoms with Crippen molar-refractivity contribution in [3.63, 3.8) is 0 Å². The molecule has 3 atom stereocenters. The number of carbonyl (C=O) groups excluding carboxylic acids is 1. The second-order valence-corrected chi connectivity index (χ2v) is 5.36. The molecule has 1 aliphatic heterocycles. The van der Waals surface area contributed by atoms with Crippen LogP contribution < -0.4 is 0 Å². The van der Waals surface area contributed by atoms with E-state index in [0.29, 0.717) is 18.3 Å². The zero-order chi connectivity index (χ0) is 11.9. The first-order valence-electron chi connectivity index (χ1n) is 6.02. The maximum atomic E-state index is 12.0. The van der Waals surface area contributed by atoms with Crippen molar-refractivity contribution in [1.29, 1.82) is 0 Å². The fourth-order valence-electron chi connectivity index (χ4n) is 2.51. The number of hydrogen-bond acceptors (Lipinski definition) is 2. The molecule has 1 unspecified atom stereocenters. The normalized spacial score (nSPS) is 33.2. The van der Waals surface area contributed by atoms with E-state index in [-0.39, 0.29) is 11.8 Å². The molecule has 1 N–H and O–H groups in total. The minimum Gasteiger partial charge on any atom is -0.481 e. The summed E-state index contributed by atoms with van der Waals surface area (Å²) in [6.45, 7) is 5.98. The summed E-state index contributed by atoms with van der Waals surface area (Å²) in [5, 5.41) is 8.78. The molecular weight excluding hydrogens is 206 g/mol. The van der Waals surface area contributed by atoms with Crippen molar-refractivity contribution in [2.24, 2.45) is 23.7 Å². The number of carboxylic acids is 1. The van der Waals surface area contributed by atoms with Crippen LogP contribution in [0, 0.1) is 23.7 Å². The van der Waals surface area contributed by atoms with Crippen LogP contribution in [0.4, 0.5) is 0 Å². The van der Waals surface area contributed by atoms with Crippen LogP contribution in [0.2, 0.25) is 0 Å². The standard InChI is InChI=1S/C12H19NO3/c1-7(2)8-3-4-13(6-8)11(14)9-5-10(9)12(15)16/h7-10H,3-6H2,1-2H3,(H,15,16)/t8?,9-,10+/m1/s1. The lowest BCUT2D eigenvalue weighted by Crippen LogP contribution is -2.31. The Labute approximate surface area is 95.6 Å². The molecule has 0 aromatic heterocycles. The summed E-state index contributed by atoms with van der Waals surface area (Å²) in [4.78, 5) is 24.5. The molecule has 0 aromatic carbocycles. The molecule has 1 aliphatic carbocycles. The van der Waals surface area contributed by atoms with Crippen LogP contribution in [-0.4, -0.2) is 35.0 Å². The molecule has 0 bridgehead atoms. The monoisotopic (exact) mass is 225 g/mol. The fraction of sp³-hybridized carbons (Fsp3) is 0.833. The van der Waals surface area contributed by atoms with Gasteiger partial charge in [0.05, 0.1) is 11.8 Å². The van der Waals surface area contributed by atoms with E-state index in [0.717, 1.165) is 19.5 Å². The molecule has 2 fully saturated rings. The van der Waals surface area contributed by atoms with Gasteiger partial charge < -0.3 is 10.0 Å². The van der Waals surface area contributed by atoms with Crippen molar-refractivity contribution in [2.75, 3.05) is 13.1 Å². The number of nitrogens with zero attached hydrogens (tertiary/aromatic N) is 1. The first kappa shape index (κ1) is 11.4. The van der Waals surface area contributed by atoms with E-state index in [1.54, 1.807) is 0 Å². The van der Waals surface area contributed by atoms with Gasteiger partial charge in [-0.25, -0.2) is 0 Å². The first-order valence-corrected chi connectivity index (χ1v) is 6.02. The van der Waals surface area contributed by atoms with E-state index in [1.807, 2.05) is 4.90 Å². The molecular formula is C12H19NO3. The van der Waals surface area contributed by atoms with Crippen LogP contribution in [0.5, 0.6) is 0 Å². The Morgan fingerprint density at radius 1 is 1.31 bits per heavy atom. The van der Waals surface area contributed by atoms with Crippen molar-refractivity contribution in [1.82, 2.24) is 4.90 Å². The lowest BCUT2D eigenvalue weighted by atomic mass is 9.95. The largest absolute Gasteiger partial charge is 0.481 e. The summed E-state index contributed by atoms with van der Waals surface area (Å²) in [5.41, 5.74) is 0. The highest BCUT2D eigenvalue weighted by molar-refractivity contribution is 5.89. The van der Waals surface area contributed by atoms with Crippen LogP contribution >= 0.6 is 0 Å². The van der Waals surface area contributed by atoms with Gasteiger partial charge >= 0.3 is 5.97 Å². The summed E-state index contributed by atoms with van der Waals surface area (Å²) in [6.07, 6.45) is 1.60. The smallest absolute Gasteiger partial charge is 0.307 e. The minimum atomic E-state index is -0.821. The SMILES string of the molecule is CC(C)C1CCN(C(=O)[C@@H]2C[C@@H]2C(=O)O)C1. The average molecular weight is 225 g/mol. The van der Waals surface area contributed by atoms with Gasteiger partial charge in [-0.3, -0.25) is 9.59 Å². The fourth-order valence-corrected chi connectivity index (χ4v) is 2.51. The topological polar surface area (TPSA) is 57.6 Å². The van der Waals surface area contributed by atoms with E-state index in [2.05, 4.69) is 13.8 Å². The van der Waals surface area contributed by atoms with Crippen LogP contribution in [0.3, 0.4) is 0 Å². The summed E-state index contributed by atoms with van der Waals surface area (Å²) >= 11 is 0. The van der Waals surface area contributed by atoms with Crippen LogP contribution in [-0.2, 0) is 9.59 Å². The van der Waals surface area contributed by atoms with Crippen LogP contribution in [0.15, 0.2) is 0 Å². The molecule has 0 aromatic rings. The first-order chi connectivity index (χ1) is 7.50. The lowest BCUT2D eigenvalue weighted by Gasteiger charge is -2.18. The van der Waals surface area contributed by atoms with E-state index in [9.17, 15) is 9.59 Å². The summed E-state index contributed by atoms with van der Waals surface area (Å²) in [7, 11) is 0. The summed E-state index contributed by atoms with van der Waals surface area (Å²) < 4.78 is 0. The van der Waals surface area contributed by atoms with Gasteiger partial charge in [0, 0.05) is 13.1 Å². The van der Waals surface area contributed by atoms with Gasteiger partial charge in [0.25, 0.3) is 0 Å². The molecule has 0 spiro atoms. The second kappa shape index (κ2) is 4.07. The van der Waals surface area contributed by atoms with Crippen LogP contribution in [0.25, 0.3) is 0 Å². The predicted octanol–water partition coefficient (Wildman–Crippen LogP) is 1.21. The highest BCUT2D eigenvalue weighted by Gasteiger charge is 2.50. The molecule has 0 radical (unpaired) electrons. The van der Waals surface area contributed by atoms with E-state index >= 15 is 0 Å². The highest BCUT2D eigenvalue weighted by atomic mass is 16.4. The quantitative estimate of drug-likeness (QED) is 0.785. The number of carboxylic acid groups (broad SMARTS) is 1. The van der Waals surface area contributed by atoms with Gasteiger partial charge in [-0.1, -0.05) is 13.8 Å². The second-order valence-electron chi connectivity index (χ2n) is 5.36. The molecule has 4 nitrogen and oxygen atoms in total. The van der Waals surface area contributed by atoms with Gasteiger partial charge in [0.2, 0.25) is 5.91 Å². The maximum Gasteiger partial charge on any atom is 0.307 e. The van der Waals surface area contributed by atoms with Gasteiger partial charge in [0.1, 0.15) is 0 Å². The summed E-state index contributed by atoms with van der Waals surface area (Å²) in [6, 6.07) is 0. The van der Waals surface area contributed by atoms with Gasteiger partial charge in [-0.05, 0) is 24.7 Å². The number of carbonyl (C=O) groups is 2. The Hall–Kier alpha value is -1.06. The number of amides is 1. The molecule has 1 amide bonds. The number of hydrogen-bond donors (Lipinski definition) is 1. The van der Waals surface area contributed by atoms with Crippen molar-refractivity contribution >= 4 is 11.9 Å². The zero-order valence-electron chi connectivity index (χ0n) is 9.85. The molecule has 16 heavy (non-hydrogen) atoms. The number of rotatable bonds is 3. The van der Waals surface area contributed by atoms with E-state index in [1.165, 1.54) is 0 Å². The predicted molar refractivity (Wildman–Crippen MR) is 58.8 cm³/mol. The summed E-state index contributed by atoms with van der Waals surface area (Å²) in [5.74, 6) is -0.208. The van der Waals surface area contributed by atoms with Crippen LogP contribution in [0.1, 0.15) is 26.7 Å². The Morgan fingerprint density at radius 2 is 2.00 bits per heavy atom. The van der Waals surface area contributed by atoms with Gasteiger partial charge in [0.15, 0.2) is 0 Å². The third kappa shape index (κ3) is 2.06. The Bertz CT molecular complexity index is 313. The lowest BCUT2D eigenvalue weighted by molar-refractivity contribution is -0.141. The van der Waals surface area contributed by atoms with Crippen molar-refractivity contribution in [2.45, 2.75) is 26.7 Å². The van der Waals surface area contributed by atoms with Crippen molar-refractivity contribution in [3.05, 3.63) is 0 Å². The molecule has 90 valence electrons. The van der Waals surface area contributed by atoms with Crippen molar-refractivity contribution in [3.8, 4) is 0 Å². The maximum absolute atomic E-state index is 12.0. The molecule has 1 saturated heterocycles. The third-order valence-electron chi connectivity index (χ3n) is 3.90. The third-order valence-corrected chi connectivity index (χ3v) is 3.90. The highest BCUT2D eigenvalue weighted by Crippen LogP contribution is 2.41. The van der Waals surface area contributed by atoms with Gasteiger partial charge in [-0.2, -0.15) is 0 Å². The molecule has 2 aliphatic rings. The zero-order valence-corrected chi connectivity index (χ0v) is 9.85. The minimum absolute atomic E-state index is 0.0653. The number of aliphatic carboxylic acids is 1. The molecule has 1 heterocycles. The Kier molecular flexibility index (Phi) is 2.91. The Morgan fingerprint density at radius 3 is 2.44 bits per heavy atom. The van der Waals surface area contributed by atoms with Gasteiger partial charge in [-0.15, -0.1) is 0 Å². The van der Waals surface area contributed by atoms with E-state index in [4.69, 9.17) is 5.11 Å². The van der Waals surface area contributed by atoms with E-state index < -0.39 is 11.9 Å². The van der Waals surface area contributed by atoms with Crippen molar-refractivity contribution < 1.29 is 14.7 Å². The Balaban J connectivity index is 1.87. The molecule has 2 rings (SSSR count). The molecule has 4 heteroatoms.